The minimum absolute atomic E-state index is 0.132. The van der Waals surface area contributed by atoms with Gasteiger partial charge in [-0.25, -0.2) is 0 Å². The first-order valence-corrected chi connectivity index (χ1v) is 3.87. The minimum atomic E-state index is -0.132. The molecule has 0 aromatic heterocycles. The van der Waals surface area contributed by atoms with E-state index in [1.165, 1.54) is 5.57 Å². The van der Waals surface area contributed by atoms with Crippen molar-refractivity contribution in [1.29, 1.82) is 0 Å². The molecular weight excluding hydrogens is 142 g/mol. The zero-order valence-electron chi connectivity index (χ0n) is 6.72. The summed E-state index contributed by atoms with van der Waals surface area (Å²) < 4.78 is 4.76. The van der Waals surface area contributed by atoms with E-state index in [1.807, 2.05) is 13.0 Å². The molecule has 0 aromatic carbocycles. The first-order valence-electron chi connectivity index (χ1n) is 3.87. The van der Waals surface area contributed by atoms with E-state index >= 15 is 0 Å². The standard InChI is InChI=1S/C8H13NO2/c1-2-11-8(10)4-3-7-5-9-6-7/h3,9H,2,4-6H2,1H3. The van der Waals surface area contributed by atoms with Crippen molar-refractivity contribution in [3.63, 3.8) is 0 Å². The summed E-state index contributed by atoms with van der Waals surface area (Å²) in [5.41, 5.74) is 1.30. The Kier molecular flexibility index (Phi) is 3.11. The SMILES string of the molecule is CCOC(=O)CC=C1CNC1. The van der Waals surface area contributed by atoms with Crippen LogP contribution in [0, 0.1) is 0 Å². The lowest BCUT2D eigenvalue weighted by Gasteiger charge is -2.17. The molecular formula is C8H13NO2. The third-order valence-electron chi connectivity index (χ3n) is 1.57. The van der Waals surface area contributed by atoms with Crippen LogP contribution in [-0.2, 0) is 9.53 Å². The van der Waals surface area contributed by atoms with E-state index in [2.05, 4.69) is 5.32 Å². The molecule has 0 unspecified atom stereocenters. The van der Waals surface area contributed by atoms with Crippen LogP contribution in [0.1, 0.15) is 13.3 Å². The minimum Gasteiger partial charge on any atom is -0.466 e. The summed E-state index contributed by atoms with van der Waals surface area (Å²) in [6, 6.07) is 0. The van der Waals surface area contributed by atoms with E-state index in [-0.39, 0.29) is 5.97 Å². The molecule has 1 fully saturated rings. The zero-order valence-corrected chi connectivity index (χ0v) is 6.72. The molecule has 1 heterocycles. The van der Waals surface area contributed by atoms with Crippen LogP contribution >= 0.6 is 0 Å². The van der Waals surface area contributed by atoms with Gasteiger partial charge in [-0.1, -0.05) is 6.08 Å². The van der Waals surface area contributed by atoms with Gasteiger partial charge in [-0.15, -0.1) is 0 Å². The molecule has 0 saturated carbocycles. The summed E-state index contributed by atoms with van der Waals surface area (Å²) in [5.74, 6) is -0.132. The molecule has 0 bridgehead atoms. The van der Waals surface area contributed by atoms with Gasteiger partial charge in [-0.05, 0) is 12.5 Å². The average molecular weight is 155 g/mol. The van der Waals surface area contributed by atoms with Crippen LogP contribution < -0.4 is 5.32 Å². The number of carbonyl (C=O) groups is 1. The zero-order chi connectivity index (χ0) is 8.10. The van der Waals surface area contributed by atoms with E-state index in [9.17, 15) is 4.79 Å². The highest BCUT2D eigenvalue weighted by atomic mass is 16.5. The maximum absolute atomic E-state index is 10.8. The van der Waals surface area contributed by atoms with E-state index < -0.39 is 0 Å². The molecule has 1 aliphatic rings. The second kappa shape index (κ2) is 4.13. The van der Waals surface area contributed by atoms with Gasteiger partial charge in [0.1, 0.15) is 0 Å². The Balaban J connectivity index is 2.14. The fraction of sp³-hybridized carbons (Fsp3) is 0.625. The number of carbonyl (C=O) groups excluding carboxylic acids is 1. The molecule has 11 heavy (non-hydrogen) atoms. The van der Waals surface area contributed by atoms with Crippen molar-refractivity contribution >= 4 is 5.97 Å². The number of rotatable bonds is 3. The van der Waals surface area contributed by atoms with Gasteiger partial charge in [-0.3, -0.25) is 4.79 Å². The molecule has 1 saturated heterocycles. The van der Waals surface area contributed by atoms with E-state index in [0.29, 0.717) is 13.0 Å². The van der Waals surface area contributed by atoms with Gasteiger partial charge in [0.25, 0.3) is 0 Å². The molecule has 0 radical (unpaired) electrons. The first-order chi connectivity index (χ1) is 5.33. The highest BCUT2D eigenvalue weighted by Crippen LogP contribution is 2.02. The molecule has 0 amide bonds. The topological polar surface area (TPSA) is 38.3 Å². The van der Waals surface area contributed by atoms with E-state index in [4.69, 9.17) is 4.74 Å². The summed E-state index contributed by atoms with van der Waals surface area (Å²) in [6.45, 7) is 4.15. The second-order valence-corrected chi connectivity index (χ2v) is 2.48. The monoisotopic (exact) mass is 155 g/mol. The molecule has 62 valence electrons. The average Bonchev–Trinajstić information content (AvgIpc) is 1.85. The summed E-state index contributed by atoms with van der Waals surface area (Å²) in [5, 5.41) is 3.10. The van der Waals surface area contributed by atoms with Gasteiger partial charge < -0.3 is 10.1 Å². The van der Waals surface area contributed by atoms with Gasteiger partial charge >= 0.3 is 5.97 Å². The smallest absolute Gasteiger partial charge is 0.309 e. The van der Waals surface area contributed by atoms with Crippen LogP contribution in [0.15, 0.2) is 11.6 Å². The predicted octanol–water partition coefficient (Wildman–Crippen LogP) is 0.469. The van der Waals surface area contributed by atoms with E-state index in [0.717, 1.165) is 13.1 Å². The van der Waals surface area contributed by atoms with Crippen LogP contribution in [0.25, 0.3) is 0 Å². The summed E-state index contributed by atoms with van der Waals surface area (Å²) in [4.78, 5) is 10.8. The van der Waals surface area contributed by atoms with Crippen LogP contribution in [0.5, 0.6) is 0 Å². The van der Waals surface area contributed by atoms with Gasteiger partial charge in [-0.2, -0.15) is 0 Å². The van der Waals surface area contributed by atoms with Gasteiger partial charge in [0.05, 0.1) is 13.0 Å². The van der Waals surface area contributed by atoms with Crippen molar-refractivity contribution in [2.24, 2.45) is 0 Å². The Labute approximate surface area is 66.4 Å². The fourth-order valence-electron chi connectivity index (χ4n) is 0.861. The van der Waals surface area contributed by atoms with Gasteiger partial charge in [0.2, 0.25) is 0 Å². The Morgan fingerprint density at radius 2 is 2.45 bits per heavy atom. The Morgan fingerprint density at radius 1 is 1.73 bits per heavy atom. The van der Waals surface area contributed by atoms with Crippen molar-refractivity contribution in [1.82, 2.24) is 5.32 Å². The highest BCUT2D eigenvalue weighted by molar-refractivity contribution is 5.71. The van der Waals surface area contributed by atoms with Crippen LogP contribution in [0.4, 0.5) is 0 Å². The van der Waals surface area contributed by atoms with Crippen molar-refractivity contribution in [2.45, 2.75) is 13.3 Å². The quantitative estimate of drug-likeness (QED) is 0.475. The Morgan fingerprint density at radius 3 is 2.91 bits per heavy atom. The molecule has 1 N–H and O–H groups in total. The lowest BCUT2D eigenvalue weighted by molar-refractivity contribution is -0.142. The number of nitrogens with one attached hydrogen (secondary N) is 1. The summed E-state index contributed by atoms with van der Waals surface area (Å²) in [7, 11) is 0. The Bertz CT molecular complexity index is 169. The number of ether oxygens (including phenoxy) is 1. The lowest BCUT2D eigenvalue weighted by Crippen LogP contribution is -2.33. The van der Waals surface area contributed by atoms with Gasteiger partial charge in [0, 0.05) is 13.1 Å². The maximum Gasteiger partial charge on any atom is 0.309 e. The molecule has 3 nitrogen and oxygen atoms in total. The first kappa shape index (κ1) is 8.27. The predicted molar refractivity (Wildman–Crippen MR) is 42.2 cm³/mol. The largest absolute Gasteiger partial charge is 0.466 e. The molecule has 0 aliphatic carbocycles. The number of hydrogen-bond acceptors (Lipinski definition) is 3. The second-order valence-electron chi connectivity index (χ2n) is 2.48. The van der Waals surface area contributed by atoms with Crippen molar-refractivity contribution < 1.29 is 9.53 Å². The molecule has 0 spiro atoms. The van der Waals surface area contributed by atoms with Crippen molar-refractivity contribution in [3.05, 3.63) is 11.6 Å². The van der Waals surface area contributed by atoms with Crippen LogP contribution in [-0.4, -0.2) is 25.7 Å². The lowest BCUT2D eigenvalue weighted by atomic mass is 10.1. The van der Waals surface area contributed by atoms with Crippen LogP contribution in [0.2, 0.25) is 0 Å². The van der Waals surface area contributed by atoms with Crippen molar-refractivity contribution in [2.75, 3.05) is 19.7 Å². The van der Waals surface area contributed by atoms with Crippen molar-refractivity contribution in [3.8, 4) is 0 Å². The molecule has 3 heteroatoms. The number of esters is 1. The molecule has 1 rings (SSSR count). The Hall–Kier alpha value is -0.830. The van der Waals surface area contributed by atoms with Crippen LogP contribution in [0.3, 0.4) is 0 Å². The third-order valence-corrected chi connectivity index (χ3v) is 1.57. The highest BCUT2D eigenvalue weighted by Gasteiger charge is 2.07. The summed E-state index contributed by atoms with van der Waals surface area (Å²) >= 11 is 0. The molecule has 0 atom stereocenters. The normalized spacial score (nSPS) is 15.5. The molecule has 1 aliphatic heterocycles. The number of hydrogen-bond donors (Lipinski definition) is 1. The third kappa shape index (κ3) is 2.72. The maximum atomic E-state index is 10.8. The molecule has 0 aromatic rings. The summed E-state index contributed by atoms with van der Waals surface area (Å²) in [6.07, 6.45) is 2.36. The fourth-order valence-corrected chi connectivity index (χ4v) is 0.861. The van der Waals surface area contributed by atoms with Gasteiger partial charge in [0.15, 0.2) is 0 Å². The van der Waals surface area contributed by atoms with E-state index in [1.54, 1.807) is 0 Å².